The molecule has 0 aromatic carbocycles. The van der Waals surface area contributed by atoms with E-state index in [1.54, 1.807) is 13.8 Å². The van der Waals surface area contributed by atoms with Crippen LogP contribution in [0.5, 0.6) is 0 Å². The van der Waals surface area contributed by atoms with Gasteiger partial charge in [-0.3, -0.25) is 13.2 Å². The van der Waals surface area contributed by atoms with Gasteiger partial charge in [-0.15, -0.1) is 0 Å². The average Bonchev–Trinajstić information content (AvgIpc) is 2.12. The first-order chi connectivity index (χ1) is 7.33. The summed E-state index contributed by atoms with van der Waals surface area (Å²) >= 11 is 0.815. The summed E-state index contributed by atoms with van der Waals surface area (Å²) in [6.07, 6.45) is 0. The van der Waals surface area contributed by atoms with E-state index in [1.807, 2.05) is 0 Å². The molecule has 7 heteroatoms. The maximum absolute atomic E-state index is 11.9. The van der Waals surface area contributed by atoms with Gasteiger partial charge in [0.25, 0.3) is 0 Å². The maximum atomic E-state index is 11.9. The Kier molecular flexibility index (Phi) is 7.89. The summed E-state index contributed by atoms with van der Waals surface area (Å²) in [7, 11) is 6.20. The minimum absolute atomic E-state index is 0.350. The third-order valence-electron chi connectivity index (χ3n) is 1.56. The van der Waals surface area contributed by atoms with Gasteiger partial charge in [0.15, 0.2) is 0 Å². The highest BCUT2D eigenvalue weighted by atomic mass is 32.7. The largest absolute Gasteiger partial charge is 0.415 e. The first kappa shape index (κ1) is 16.4. The van der Waals surface area contributed by atoms with Gasteiger partial charge in [-0.1, -0.05) is 0 Å². The summed E-state index contributed by atoms with van der Waals surface area (Å²) in [5, 5.41) is 0. The fourth-order valence-electron chi connectivity index (χ4n) is 0.809. The second kappa shape index (κ2) is 7.69. The lowest BCUT2D eigenvalue weighted by atomic mass is 10.5. The van der Waals surface area contributed by atoms with Gasteiger partial charge in [0.2, 0.25) is 0 Å². The van der Waals surface area contributed by atoms with Gasteiger partial charge in [0.05, 0.1) is 34.4 Å². The van der Waals surface area contributed by atoms with Crippen LogP contribution in [-0.4, -0.2) is 52.0 Å². The van der Waals surface area contributed by atoms with Crippen molar-refractivity contribution < 1.29 is 22.3 Å². The number of nitrogens with zero attached hydrogens (tertiary/aromatic N) is 1. The van der Waals surface area contributed by atoms with Crippen molar-refractivity contribution in [3.05, 3.63) is 0 Å². The molecule has 0 aliphatic heterocycles. The van der Waals surface area contributed by atoms with Crippen LogP contribution in [0.4, 0.5) is 0 Å². The Bertz CT molecular complexity index is 222. The Morgan fingerprint density at radius 3 is 2.00 bits per heavy atom. The minimum atomic E-state index is -3.11. The highest BCUT2D eigenvalue weighted by Gasteiger charge is 2.26. The molecule has 98 valence electrons. The van der Waals surface area contributed by atoms with E-state index in [4.69, 9.17) is 13.2 Å². The molecule has 0 N–H and O–H groups in total. The summed E-state index contributed by atoms with van der Waals surface area (Å²) in [6, 6.07) is 0. The summed E-state index contributed by atoms with van der Waals surface area (Å²) in [6.45, 7) is 2.49. The average molecular weight is 272 g/mol. The van der Waals surface area contributed by atoms with Crippen LogP contribution >= 0.6 is 18.5 Å². The minimum Gasteiger partial charge on any atom is -0.329 e. The summed E-state index contributed by atoms with van der Waals surface area (Å²) in [5.74, 6) is 0. The van der Waals surface area contributed by atoms with E-state index in [1.165, 1.54) is 0 Å². The number of quaternary nitrogens is 1. The molecule has 5 nitrogen and oxygen atoms in total. The number of hydrogen-bond donors (Lipinski definition) is 0. The van der Waals surface area contributed by atoms with Crippen molar-refractivity contribution >= 4 is 18.5 Å². The second-order valence-electron chi connectivity index (χ2n) is 4.19. The number of rotatable bonds is 9. The van der Waals surface area contributed by atoms with Crippen molar-refractivity contribution in [2.45, 2.75) is 13.8 Å². The molecule has 0 heterocycles. The normalized spacial score (nSPS) is 13.1. The quantitative estimate of drug-likeness (QED) is 0.279. The van der Waals surface area contributed by atoms with Gasteiger partial charge >= 0.3 is 6.80 Å². The maximum Gasteiger partial charge on any atom is 0.415 e. The molecule has 0 amide bonds. The Labute approximate surface area is 103 Å². The van der Waals surface area contributed by atoms with Crippen molar-refractivity contribution in [2.75, 3.05) is 47.5 Å². The molecule has 0 aliphatic carbocycles. The molecule has 0 aromatic heterocycles. The van der Waals surface area contributed by atoms with Crippen LogP contribution in [-0.2, 0) is 17.8 Å². The predicted octanol–water partition coefficient (Wildman–Crippen LogP) is 2.54. The van der Waals surface area contributed by atoms with E-state index in [9.17, 15) is 4.57 Å². The van der Waals surface area contributed by atoms with Crippen LogP contribution in [0.2, 0.25) is 0 Å². The molecular formula is C9H23NO4PS+. The predicted molar refractivity (Wildman–Crippen MR) is 67.3 cm³/mol. The molecule has 0 unspecified atom stereocenters. The van der Waals surface area contributed by atoms with Gasteiger partial charge in [-0.2, -0.15) is 0 Å². The molecule has 0 atom stereocenters. The zero-order valence-corrected chi connectivity index (χ0v) is 12.5. The van der Waals surface area contributed by atoms with E-state index >= 15 is 0 Å². The smallest absolute Gasteiger partial charge is 0.329 e. The van der Waals surface area contributed by atoms with Crippen molar-refractivity contribution in [2.24, 2.45) is 0 Å². The standard InChI is InChI=1S/C9H23NO4PS/c1-6-12-15(11,13-7-2)16-14-9-8-10(3,4)5/h6-9H2,1-5H3/q+1. The molecule has 0 saturated heterocycles. The molecule has 0 radical (unpaired) electrons. The van der Waals surface area contributed by atoms with Crippen LogP contribution in [0.1, 0.15) is 13.8 Å². The van der Waals surface area contributed by atoms with Gasteiger partial charge in [-0.05, 0) is 13.8 Å². The van der Waals surface area contributed by atoms with E-state index in [-0.39, 0.29) is 0 Å². The molecule has 16 heavy (non-hydrogen) atoms. The topological polar surface area (TPSA) is 44.8 Å². The van der Waals surface area contributed by atoms with E-state index in [0.29, 0.717) is 19.8 Å². The zero-order chi connectivity index (χ0) is 12.7. The molecule has 0 spiro atoms. The molecule has 0 saturated carbocycles. The Hall–Kier alpha value is 0.420. The Morgan fingerprint density at radius 2 is 1.62 bits per heavy atom. The van der Waals surface area contributed by atoms with Gasteiger partial charge in [-0.25, -0.2) is 4.57 Å². The Morgan fingerprint density at radius 1 is 1.12 bits per heavy atom. The number of likely N-dealkylation sites (N-methyl/N-ethyl adjacent to an activating group) is 1. The molecule has 0 fully saturated rings. The highest BCUT2D eigenvalue weighted by Crippen LogP contribution is 2.60. The lowest BCUT2D eigenvalue weighted by Crippen LogP contribution is -2.37. The van der Waals surface area contributed by atoms with Gasteiger partial charge in [0, 0.05) is 0 Å². The fraction of sp³-hybridized carbons (Fsp3) is 1.00. The first-order valence-electron chi connectivity index (χ1n) is 5.34. The van der Waals surface area contributed by atoms with Crippen LogP contribution in [0.3, 0.4) is 0 Å². The van der Waals surface area contributed by atoms with Crippen molar-refractivity contribution in [1.82, 2.24) is 0 Å². The third kappa shape index (κ3) is 8.56. The SMILES string of the molecule is CCOP(=O)(OCC)SOCC[N+](C)(C)C. The molecule has 0 bridgehead atoms. The monoisotopic (exact) mass is 272 g/mol. The van der Waals surface area contributed by atoms with Gasteiger partial charge in [0.1, 0.15) is 24.8 Å². The first-order valence-corrected chi connectivity index (χ1v) is 8.22. The van der Waals surface area contributed by atoms with Crippen LogP contribution in [0.25, 0.3) is 0 Å². The molecule has 0 aromatic rings. The van der Waals surface area contributed by atoms with Gasteiger partial charge < -0.3 is 4.48 Å². The van der Waals surface area contributed by atoms with Crippen molar-refractivity contribution in [1.29, 1.82) is 0 Å². The highest BCUT2D eigenvalue weighted by molar-refractivity contribution is 8.52. The fourth-order valence-corrected chi connectivity index (χ4v) is 3.38. The Balaban J connectivity index is 3.90. The summed E-state index contributed by atoms with van der Waals surface area (Å²) < 4.78 is 28.1. The lowest BCUT2D eigenvalue weighted by Gasteiger charge is -2.23. The van der Waals surface area contributed by atoms with Crippen molar-refractivity contribution in [3.8, 4) is 0 Å². The molecule has 0 rings (SSSR count). The summed E-state index contributed by atoms with van der Waals surface area (Å²) in [5.41, 5.74) is 0. The molecule has 0 aliphatic rings. The second-order valence-corrected chi connectivity index (χ2v) is 7.78. The number of hydrogen-bond acceptors (Lipinski definition) is 5. The van der Waals surface area contributed by atoms with Crippen LogP contribution in [0, 0.1) is 0 Å². The lowest BCUT2D eigenvalue weighted by molar-refractivity contribution is -0.870. The summed E-state index contributed by atoms with van der Waals surface area (Å²) in [4.78, 5) is 0. The van der Waals surface area contributed by atoms with E-state index in [2.05, 4.69) is 21.1 Å². The molecular weight excluding hydrogens is 249 g/mol. The zero-order valence-electron chi connectivity index (χ0n) is 10.8. The van der Waals surface area contributed by atoms with Crippen LogP contribution in [0.15, 0.2) is 0 Å². The van der Waals surface area contributed by atoms with E-state index in [0.717, 1.165) is 22.7 Å². The van der Waals surface area contributed by atoms with Crippen LogP contribution < -0.4 is 0 Å². The van der Waals surface area contributed by atoms with Crippen molar-refractivity contribution in [3.63, 3.8) is 0 Å². The third-order valence-corrected chi connectivity index (χ3v) is 4.66. The van der Waals surface area contributed by atoms with E-state index < -0.39 is 6.80 Å².